The van der Waals surface area contributed by atoms with E-state index in [9.17, 15) is 23.1 Å². The summed E-state index contributed by atoms with van der Waals surface area (Å²) in [5, 5.41) is 18.3. The van der Waals surface area contributed by atoms with Crippen LogP contribution in [0.25, 0.3) is 11.1 Å². The van der Waals surface area contributed by atoms with Crippen molar-refractivity contribution < 1.29 is 28.2 Å². The van der Waals surface area contributed by atoms with Crippen LogP contribution in [0.4, 0.5) is 13.2 Å². The Morgan fingerprint density at radius 1 is 1.00 bits per heavy atom. The van der Waals surface area contributed by atoms with Gasteiger partial charge in [-0.15, -0.1) is 0 Å². The van der Waals surface area contributed by atoms with Gasteiger partial charge in [-0.05, 0) is 40.8 Å². The standard InChI is InChI=1S/C17H15F3O3/c18-17(19,20)14-7-4-12(5-8-14)16-11(6-9-15(22)23)2-1-3-13(16)10-21/h1-5,7-8,21H,6,9-10H2,(H,22,23). The van der Waals surface area contributed by atoms with Crippen LogP contribution in [0.3, 0.4) is 0 Å². The molecule has 0 saturated carbocycles. The van der Waals surface area contributed by atoms with Crippen molar-refractivity contribution in [3.8, 4) is 11.1 Å². The Labute approximate surface area is 131 Å². The molecule has 23 heavy (non-hydrogen) atoms. The monoisotopic (exact) mass is 324 g/mol. The van der Waals surface area contributed by atoms with Gasteiger partial charge in [-0.1, -0.05) is 30.3 Å². The molecule has 0 fully saturated rings. The lowest BCUT2D eigenvalue weighted by atomic mass is 9.91. The Bertz CT molecular complexity index is 691. The van der Waals surface area contributed by atoms with Crippen LogP contribution >= 0.6 is 0 Å². The molecule has 0 bridgehead atoms. The molecular weight excluding hydrogens is 309 g/mol. The van der Waals surface area contributed by atoms with Crippen LogP contribution in [-0.4, -0.2) is 16.2 Å². The van der Waals surface area contributed by atoms with E-state index in [-0.39, 0.29) is 19.4 Å². The van der Waals surface area contributed by atoms with Gasteiger partial charge in [-0.2, -0.15) is 13.2 Å². The average molecular weight is 324 g/mol. The predicted octanol–water partition coefficient (Wildman–Crippen LogP) is 3.88. The summed E-state index contributed by atoms with van der Waals surface area (Å²) in [5.74, 6) is -0.960. The maximum atomic E-state index is 12.7. The first-order chi connectivity index (χ1) is 10.8. The second-order valence-electron chi connectivity index (χ2n) is 5.08. The van der Waals surface area contributed by atoms with Gasteiger partial charge in [0.2, 0.25) is 0 Å². The minimum atomic E-state index is -4.42. The number of aliphatic hydroxyl groups excluding tert-OH is 1. The molecule has 0 radical (unpaired) electrons. The third-order valence-electron chi connectivity index (χ3n) is 3.52. The topological polar surface area (TPSA) is 57.5 Å². The molecule has 0 aliphatic rings. The van der Waals surface area contributed by atoms with E-state index in [0.29, 0.717) is 22.3 Å². The number of aliphatic carboxylic acids is 1. The highest BCUT2D eigenvalue weighted by atomic mass is 19.4. The van der Waals surface area contributed by atoms with Gasteiger partial charge in [-0.25, -0.2) is 0 Å². The molecule has 6 heteroatoms. The maximum Gasteiger partial charge on any atom is 0.416 e. The maximum absolute atomic E-state index is 12.7. The van der Waals surface area contributed by atoms with Gasteiger partial charge >= 0.3 is 12.1 Å². The molecule has 0 amide bonds. The molecule has 3 nitrogen and oxygen atoms in total. The van der Waals surface area contributed by atoms with Gasteiger partial charge in [0.15, 0.2) is 0 Å². The Morgan fingerprint density at radius 2 is 1.61 bits per heavy atom. The van der Waals surface area contributed by atoms with Gasteiger partial charge < -0.3 is 10.2 Å². The molecule has 2 aromatic rings. The van der Waals surface area contributed by atoms with Crippen LogP contribution in [-0.2, 0) is 24.0 Å². The fourth-order valence-electron chi connectivity index (χ4n) is 2.43. The Morgan fingerprint density at radius 3 is 2.13 bits per heavy atom. The zero-order chi connectivity index (χ0) is 17.0. The quantitative estimate of drug-likeness (QED) is 0.877. The van der Waals surface area contributed by atoms with E-state index in [1.807, 2.05) is 0 Å². The third kappa shape index (κ3) is 4.10. The second kappa shape index (κ2) is 6.83. The molecule has 0 aliphatic carbocycles. The van der Waals surface area contributed by atoms with E-state index < -0.39 is 17.7 Å². The molecule has 122 valence electrons. The van der Waals surface area contributed by atoms with Crippen molar-refractivity contribution in [1.82, 2.24) is 0 Å². The highest BCUT2D eigenvalue weighted by molar-refractivity contribution is 5.73. The molecule has 0 atom stereocenters. The zero-order valence-electron chi connectivity index (χ0n) is 12.1. The SMILES string of the molecule is O=C(O)CCc1cccc(CO)c1-c1ccc(C(F)(F)F)cc1. The Balaban J connectivity index is 2.46. The molecule has 0 heterocycles. The third-order valence-corrected chi connectivity index (χ3v) is 3.52. The van der Waals surface area contributed by atoms with Crippen LogP contribution < -0.4 is 0 Å². The number of aliphatic hydroxyl groups is 1. The van der Waals surface area contributed by atoms with Crippen molar-refractivity contribution >= 4 is 5.97 Å². The van der Waals surface area contributed by atoms with E-state index in [1.54, 1.807) is 18.2 Å². The normalized spacial score (nSPS) is 11.5. The van der Waals surface area contributed by atoms with Crippen molar-refractivity contribution in [1.29, 1.82) is 0 Å². The van der Waals surface area contributed by atoms with Crippen molar-refractivity contribution in [2.75, 3.05) is 0 Å². The van der Waals surface area contributed by atoms with Gasteiger partial charge in [0.1, 0.15) is 0 Å². The summed E-state index contributed by atoms with van der Waals surface area (Å²) < 4.78 is 38.0. The van der Waals surface area contributed by atoms with Crippen LogP contribution in [0.5, 0.6) is 0 Å². The van der Waals surface area contributed by atoms with Gasteiger partial charge in [-0.3, -0.25) is 4.79 Å². The van der Waals surface area contributed by atoms with Gasteiger partial charge in [0.25, 0.3) is 0 Å². The number of carbonyl (C=O) groups is 1. The number of carboxylic acid groups (broad SMARTS) is 1. The number of alkyl halides is 3. The van der Waals surface area contributed by atoms with Gasteiger partial charge in [0.05, 0.1) is 12.2 Å². The molecule has 0 aliphatic heterocycles. The van der Waals surface area contributed by atoms with E-state index in [1.165, 1.54) is 12.1 Å². The lowest BCUT2D eigenvalue weighted by Crippen LogP contribution is -2.05. The molecule has 0 saturated heterocycles. The first-order valence-electron chi connectivity index (χ1n) is 6.94. The summed E-state index contributed by atoms with van der Waals surface area (Å²) in [6, 6.07) is 9.70. The molecule has 2 N–H and O–H groups in total. The number of rotatable bonds is 5. The van der Waals surface area contributed by atoms with Crippen LogP contribution in [0.15, 0.2) is 42.5 Å². The highest BCUT2D eigenvalue weighted by Crippen LogP contribution is 2.33. The fourth-order valence-corrected chi connectivity index (χ4v) is 2.43. The lowest BCUT2D eigenvalue weighted by molar-refractivity contribution is -0.138. The first-order valence-corrected chi connectivity index (χ1v) is 6.94. The van der Waals surface area contributed by atoms with E-state index in [2.05, 4.69) is 0 Å². The molecule has 2 rings (SSSR count). The summed E-state index contributed by atoms with van der Waals surface area (Å²) >= 11 is 0. The summed E-state index contributed by atoms with van der Waals surface area (Å²) in [6.45, 7) is -0.280. The Kier molecular flexibility index (Phi) is 5.05. The van der Waals surface area contributed by atoms with Crippen molar-refractivity contribution in [3.05, 3.63) is 59.2 Å². The van der Waals surface area contributed by atoms with E-state index in [4.69, 9.17) is 5.11 Å². The molecule has 0 unspecified atom stereocenters. The average Bonchev–Trinajstić information content (AvgIpc) is 2.51. The molecule has 0 aromatic heterocycles. The Hall–Kier alpha value is -2.34. The predicted molar refractivity (Wildman–Crippen MR) is 78.8 cm³/mol. The van der Waals surface area contributed by atoms with Crippen molar-refractivity contribution in [3.63, 3.8) is 0 Å². The number of benzene rings is 2. The number of hydrogen-bond acceptors (Lipinski definition) is 2. The number of halogens is 3. The molecule has 2 aromatic carbocycles. The van der Waals surface area contributed by atoms with E-state index >= 15 is 0 Å². The lowest BCUT2D eigenvalue weighted by Gasteiger charge is -2.15. The number of aryl methyl sites for hydroxylation is 1. The van der Waals surface area contributed by atoms with E-state index in [0.717, 1.165) is 12.1 Å². The van der Waals surface area contributed by atoms with Crippen molar-refractivity contribution in [2.24, 2.45) is 0 Å². The van der Waals surface area contributed by atoms with Crippen LogP contribution in [0.2, 0.25) is 0 Å². The first kappa shape index (κ1) is 17.0. The minimum absolute atomic E-state index is 0.0947. The summed E-state index contributed by atoms with van der Waals surface area (Å²) in [5.41, 5.74) is 1.58. The summed E-state index contributed by atoms with van der Waals surface area (Å²) in [4.78, 5) is 10.8. The van der Waals surface area contributed by atoms with Crippen molar-refractivity contribution in [2.45, 2.75) is 25.6 Å². The molecular formula is C17H15F3O3. The van der Waals surface area contributed by atoms with Gasteiger partial charge in [0, 0.05) is 6.42 Å². The number of hydrogen-bond donors (Lipinski definition) is 2. The molecule has 0 spiro atoms. The highest BCUT2D eigenvalue weighted by Gasteiger charge is 2.30. The largest absolute Gasteiger partial charge is 0.481 e. The number of carboxylic acids is 1. The second-order valence-corrected chi connectivity index (χ2v) is 5.08. The summed E-state index contributed by atoms with van der Waals surface area (Å²) in [7, 11) is 0. The minimum Gasteiger partial charge on any atom is -0.481 e. The van der Waals surface area contributed by atoms with Crippen LogP contribution in [0, 0.1) is 0 Å². The summed E-state index contributed by atoms with van der Waals surface area (Å²) in [6.07, 6.45) is -4.27. The smallest absolute Gasteiger partial charge is 0.416 e. The van der Waals surface area contributed by atoms with Crippen LogP contribution in [0.1, 0.15) is 23.1 Å². The zero-order valence-corrected chi connectivity index (χ0v) is 12.1. The fraction of sp³-hybridized carbons (Fsp3) is 0.235.